The fraction of sp³-hybridized carbons (Fsp3) is 0.976. The number of aliphatic carboxylic acids is 1. The first-order chi connectivity index (χ1) is 27.9. The van der Waals surface area contributed by atoms with Crippen molar-refractivity contribution in [3.63, 3.8) is 0 Å². The minimum Gasteiger partial charge on any atom is -0.544 e. The van der Waals surface area contributed by atoms with Crippen LogP contribution in [-0.4, -0.2) is 78.3 Å². The van der Waals surface area contributed by atoms with E-state index in [1.54, 1.807) is 50.3 Å². The Morgan fingerprint density at radius 2 is 0.525 bits per heavy atom. The van der Waals surface area contributed by atoms with E-state index in [1.807, 2.05) is 0 Å². The summed E-state index contributed by atoms with van der Waals surface area (Å²) in [6.07, 6.45) is 34.2. The van der Waals surface area contributed by atoms with Gasteiger partial charge in [0, 0.05) is 7.26 Å². The Morgan fingerprint density at radius 3 is 0.754 bits per heavy atom. The topological polar surface area (TPSA) is 40.1 Å². The number of carbonyl (C=O) groups is 1. The standard InChI is InChI=1S/C32H68P.C9HF17O2/c1-5-9-13-17-18-19-20-21-22-23-24-28-32-33(29-25-14-10-6-2,30-26-15-11-7-3)31-27-16-12-8-4;10-2(11,1(27)28)3(12,13)4(14,15)5(16,17)6(18,19)7(20,21)8(22,23)9(24,25)26/h5-32H2,1-4H3;(H,27,28)/q+1;/p-1. The summed E-state index contributed by atoms with van der Waals surface area (Å²) >= 11 is 0. The van der Waals surface area contributed by atoms with Crippen molar-refractivity contribution in [3.05, 3.63) is 0 Å². The van der Waals surface area contributed by atoms with Crippen LogP contribution in [0.3, 0.4) is 0 Å². The van der Waals surface area contributed by atoms with Gasteiger partial charge in [0.1, 0.15) is 5.97 Å². The van der Waals surface area contributed by atoms with Crippen LogP contribution in [0.5, 0.6) is 0 Å². The van der Waals surface area contributed by atoms with Crippen LogP contribution in [0.25, 0.3) is 0 Å². The number of carboxylic acids is 1. The van der Waals surface area contributed by atoms with E-state index in [0.717, 1.165) is 0 Å². The van der Waals surface area contributed by atoms with Crippen molar-refractivity contribution in [2.24, 2.45) is 0 Å². The van der Waals surface area contributed by atoms with Crippen LogP contribution in [0, 0.1) is 0 Å². The number of rotatable bonds is 35. The summed E-state index contributed by atoms with van der Waals surface area (Å²) in [5, 5.41) is 9.65. The fourth-order valence-corrected chi connectivity index (χ4v) is 11.8. The third kappa shape index (κ3) is 17.6. The van der Waals surface area contributed by atoms with Gasteiger partial charge in [-0.3, -0.25) is 0 Å². The van der Waals surface area contributed by atoms with Crippen molar-refractivity contribution >= 4 is 13.2 Å². The molecular formula is C41H68F17O2P. The third-order valence-electron chi connectivity index (χ3n) is 10.9. The van der Waals surface area contributed by atoms with Gasteiger partial charge in [0.2, 0.25) is 0 Å². The summed E-state index contributed by atoms with van der Waals surface area (Å²) < 4.78 is 214. The molecule has 0 aromatic rings. The van der Waals surface area contributed by atoms with Crippen LogP contribution in [0.4, 0.5) is 74.6 Å². The molecular weight excluding hydrogens is 878 g/mol. The second-order valence-corrected chi connectivity index (χ2v) is 20.6. The Bertz CT molecular complexity index is 1130. The zero-order chi connectivity index (χ0) is 47.9. The molecule has 20 heteroatoms. The van der Waals surface area contributed by atoms with E-state index in [1.165, 1.54) is 128 Å². The van der Waals surface area contributed by atoms with E-state index in [2.05, 4.69) is 27.7 Å². The lowest BCUT2D eigenvalue weighted by Gasteiger charge is -2.42. The number of hydrogen-bond acceptors (Lipinski definition) is 2. The van der Waals surface area contributed by atoms with Crippen molar-refractivity contribution in [2.45, 2.75) is 229 Å². The highest BCUT2D eigenvalue weighted by Crippen LogP contribution is 2.64. The molecule has 0 saturated heterocycles. The van der Waals surface area contributed by atoms with Gasteiger partial charge in [0.05, 0.1) is 24.6 Å². The van der Waals surface area contributed by atoms with E-state index in [0.29, 0.717) is 0 Å². The molecule has 0 bridgehead atoms. The van der Waals surface area contributed by atoms with Gasteiger partial charge < -0.3 is 9.90 Å². The lowest BCUT2D eigenvalue weighted by atomic mass is 9.89. The average molecular weight is 947 g/mol. The molecule has 0 aliphatic rings. The maximum atomic E-state index is 13.0. The zero-order valence-corrected chi connectivity index (χ0v) is 36.9. The molecule has 0 N–H and O–H groups in total. The second-order valence-electron chi connectivity index (χ2n) is 16.1. The Kier molecular flexibility index (Phi) is 28.3. The lowest BCUT2D eigenvalue weighted by Crippen LogP contribution is -2.75. The van der Waals surface area contributed by atoms with Crippen LogP contribution in [0.2, 0.25) is 0 Å². The predicted octanol–water partition coefficient (Wildman–Crippen LogP) is 16.2. The van der Waals surface area contributed by atoms with Gasteiger partial charge in [-0.25, -0.2) is 0 Å². The van der Waals surface area contributed by atoms with Crippen molar-refractivity contribution in [3.8, 4) is 0 Å². The van der Waals surface area contributed by atoms with E-state index < -0.39 is 60.9 Å². The minimum absolute atomic E-state index is 0.697. The Labute approximate surface area is 351 Å². The molecule has 61 heavy (non-hydrogen) atoms. The third-order valence-corrected chi connectivity index (χ3v) is 16.0. The summed E-state index contributed by atoms with van der Waals surface area (Å²) in [5.74, 6) is -63.5. The predicted molar refractivity (Wildman–Crippen MR) is 206 cm³/mol. The number of carbonyl (C=O) groups excluding carboxylic acids is 1. The fourth-order valence-electron chi connectivity index (χ4n) is 6.87. The highest BCUT2D eigenvalue weighted by Gasteiger charge is 2.95. The molecule has 0 heterocycles. The van der Waals surface area contributed by atoms with Crippen molar-refractivity contribution in [2.75, 3.05) is 24.6 Å². The van der Waals surface area contributed by atoms with Gasteiger partial charge in [-0.1, -0.05) is 130 Å². The first kappa shape index (κ1) is 61.8. The molecule has 0 aliphatic carbocycles. The van der Waals surface area contributed by atoms with Gasteiger partial charge in [0.25, 0.3) is 0 Å². The number of carboxylic acid groups (broad SMARTS) is 1. The monoisotopic (exact) mass is 946 g/mol. The van der Waals surface area contributed by atoms with E-state index in [9.17, 15) is 84.5 Å². The van der Waals surface area contributed by atoms with Crippen LogP contribution in [0.1, 0.15) is 182 Å². The molecule has 0 unspecified atom stereocenters. The average Bonchev–Trinajstić information content (AvgIpc) is 3.16. The highest BCUT2D eigenvalue weighted by molar-refractivity contribution is 7.75. The molecule has 0 fully saturated rings. The van der Waals surface area contributed by atoms with Crippen LogP contribution in [-0.2, 0) is 4.79 Å². The van der Waals surface area contributed by atoms with Crippen LogP contribution >= 0.6 is 7.26 Å². The van der Waals surface area contributed by atoms with Gasteiger partial charge in [-0.05, 0) is 51.4 Å². The molecule has 0 saturated carbocycles. The van der Waals surface area contributed by atoms with E-state index in [4.69, 9.17) is 0 Å². The molecule has 0 aliphatic heterocycles. The molecule has 2 nitrogen and oxygen atoms in total. The van der Waals surface area contributed by atoms with Crippen LogP contribution < -0.4 is 5.11 Å². The molecule has 0 aromatic carbocycles. The molecule has 0 atom stereocenters. The smallest absolute Gasteiger partial charge is 0.460 e. The lowest BCUT2D eigenvalue weighted by molar-refractivity contribution is -0.463. The number of halogens is 17. The molecule has 368 valence electrons. The van der Waals surface area contributed by atoms with Gasteiger partial charge in [-0.15, -0.1) is 0 Å². The number of hydrogen-bond donors (Lipinski definition) is 0. The SMILES string of the molecule is CCCCCCCCCCCCCC[P+](CCCCCC)(CCCCCC)CCCCCC.O=C([O-])C(F)(F)C(F)(F)C(F)(F)C(F)(F)C(F)(F)C(F)(F)C(F)(F)C(F)(F)F. The maximum absolute atomic E-state index is 13.0. The molecule has 0 radical (unpaired) electrons. The first-order valence-electron chi connectivity index (χ1n) is 21.7. The van der Waals surface area contributed by atoms with Crippen molar-refractivity contribution < 1.29 is 84.5 Å². The van der Waals surface area contributed by atoms with E-state index >= 15 is 0 Å². The molecule has 0 amide bonds. The summed E-state index contributed by atoms with van der Waals surface area (Å²) in [7, 11) is -0.697. The van der Waals surface area contributed by atoms with Crippen molar-refractivity contribution in [1.29, 1.82) is 0 Å². The van der Waals surface area contributed by atoms with Gasteiger partial charge in [0.15, 0.2) is 0 Å². The minimum atomic E-state index is -8.79. The molecule has 0 spiro atoms. The summed E-state index contributed by atoms with van der Waals surface area (Å²) in [6, 6.07) is 0. The Morgan fingerprint density at radius 1 is 0.328 bits per heavy atom. The summed E-state index contributed by atoms with van der Waals surface area (Å²) in [6.45, 7) is 9.41. The number of unbranched alkanes of at least 4 members (excludes halogenated alkanes) is 20. The first-order valence-corrected chi connectivity index (χ1v) is 24.2. The van der Waals surface area contributed by atoms with Gasteiger partial charge in [-0.2, -0.15) is 74.6 Å². The summed E-state index contributed by atoms with van der Waals surface area (Å²) in [4.78, 5) is 9.65. The van der Waals surface area contributed by atoms with Crippen LogP contribution in [0.15, 0.2) is 0 Å². The highest BCUT2D eigenvalue weighted by atomic mass is 31.2. The Hall–Kier alpha value is -1.29. The largest absolute Gasteiger partial charge is 0.544 e. The number of alkyl halides is 17. The quantitative estimate of drug-likeness (QED) is 0.0361. The summed E-state index contributed by atoms with van der Waals surface area (Å²) in [5.41, 5.74) is 0. The maximum Gasteiger partial charge on any atom is 0.460 e. The molecule has 0 rings (SSSR count). The van der Waals surface area contributed by atoms with E-state index in [-0.39, 0.29) is 0 Å². The second kappa shape index (κ2) is 27.9. The van der Waals surface area contributed by atoms with Gasteiger partial charge >= 0.3 is 47.6 Å². The zero-order valence-electron chi connectivity index (χ0n) is 36.0. The molecule has 0 aromatic heterocycles. The Balaban J connectivity index is 0. The van der Waals surface area contributed by atoms with Crippen molar-refractivity contribution in [1.82, 2.24) is 0 Å². The normalized spacial score (nSPS) is 14.0.